The van der Waals surface area contributed by atoms with Gasteiger partial charge < -0.3 is 14.3 Å². The molecular formula is C19H16N2O2. The summed E-state index contributed by atoms with van der Waals surface area (Å²) in [5.74, 6) is 0.770. The predicted octanol–water partition coefficient (Wildman–Crippen LogP) is 3.90. The zero-order chi connectivity index (χ0) is 16.0. The van der Waals surface area contributed by atoms with Gasteiger partial charge in [0.2, 0.25) is 5.78 Å². The van der Waals surface area contributed by atoms with Crippen LogP contribution in [0.4, 0.5) is 0 Å². The molecule has 0 aliphatic heterocycles. The first-order chi connectivity index (χ1) is 11.2. The van der Waals surface area contributed by atoms with Gasteiger partial charge in [-0.2, -0.15) is 0 Å². The van der Waals surface area contributed by atoms with E-state index in [0.29, 0.717) is 11.4 Å². The highest BCUT2D eigenvalue weighted by Crippen LogP contribution is 2.26. The normalized spacial score (nSPS) is 11.2. The lowest BCUT2D eigenvalue weighted by Crippen LogP contribution is -2.07. The van der Waals surface area contributed by atoms with Crippen molar-refractivity contribution >= 4 is 27.6 Å². The first-order valence-corrected chi connectivity index (χ1v) is 7.43. The maximum Gasteiger partial charge on any atom is 0.225 e. The molecule has 0 atom stereocenters. The van der Waals surface area contributed by atoms with Crippen molar-refractivity contribution in [1.82, 2.24) is 9.55 Å². The molecule has 23 heavy (non-hydrogen) atoms. The molecule has 0 fully saturated rings. The summed E-state index contributed by atoms with van der Waals surface area (Å²) < 4.78 is 7.18. The van der Waals surface area contributed by atoms with E-state index in [1.807, 2.05) is 66.2 Å². The Labute approximate surface area is 133 Å². The van der Waals surface area contributed by atoms with Crippen molar-refractivity contribution in [2.24, 2.45) is 7.05 Å². The second-order valence-electron chi connectivity index (χ2n) is 5.61. The van der Waals surface area contributed by atoms with Crippen molar-refractivity contribution in [1.29, 1.82) is 0 Å². The van der Waals surface area contributed by atoms with Crippen LogP contribution >= 0.6 is 0 Å². The number of hydrogen-bond donors (Lipinski definition) is 1. The van der Waals surface area contributed by atoms with Crippen LogP contribution in [0.3, 0.4) is 0 Å². The first kappa shape index (κ1) is 13.6. The minimum atomic E-state index is -0.0149. The molecule has 0 bridgehead atoms. The number of aryl methyl sites for hydroxylation is 1. The number of aromatic amines is 1. The van der Waals surface area contributed by atoms with Crippen LogP contribution in [0, 0.1) is 0 Å². The Balaban J connectivity index is 1.84. The zero-order valence-electron chi connectivity index (χ0n) is 13.0. The number of para-hydroxylation sites is 1. The summed E-state index contributed by atoms with van der Waals surface area (Å²) in [6, 6.07) is 17.5. The van der Waals surface area contributed by atoms with Crippen LogP contribution in [0.1, 0.15) is 16.2 Å². The number of H-pyrrole nitrogens is 1. The molecule has 0 saturated carbocycles. The first-order valence-electron chi connectivity index (χ1n) is 7.43. The van der Waals surface area contributed by atoms with E-state index in [2.05, 4.69) is 4.98 Å². The van der Waals surface area contributed by atoms with Crippen LogP contribution in [-0.2, 0) is 7.05 Å². The SMILES string of the molecule is COc1ccc2c(c1)cc(C(=O)c1cc3ccccc3[nH]1)n2C. The number of nitrogens with one attached hydrogen (secondary N) is 1. The highest BCUT2D eigenvalue weighted by Gasteiger charge is 2.17. The summed E-state index contributed by atoms with van der Waals surface area (Å²) in [7, 11) is 3.55. The number of nitrogens with zero attached hydrogens (tertiary/aromatic N) is 1. The molecule has 0 aliphatic carbocycles. The van der Waals surface area contributed by atoms with Crippen molar-refractivity contribution in [3.05, 3.63) is 66.0 Å². The minimum absolute atomic E-state index is 0.0149. The second kappa shape index (κ2) is 5.02. The number of fused-ring (bicyclic) bond motifs is 2. The van der Waals surface area contributed by atoms with E-state index in [4.69, 9.17) is 4.74 Å². The maximum atomic E-state index is 12.9. The molecule has 0 amide bonds. The van der Waals surface area contributed by atoms with Crippen molar-refractivity contribution < 1.29 is 9.53 Å². The monoisotopic (exact) mass is 304 g/mol. The Bertz CT molecular complexity index is 1010. The number of rotatable bonds is 3. The van der Waals surface area contributed by atoms with Crippen molar-refractivity contribution in [2.75, 3.05) is 7.11 Å². The number of benzene rings is 2. The fourth-order valence-corrected chi connectivity index (χ4v) is 3.01. The van der Waals surface area contributed by atoms with Gasteiger partial charge >= 0.3 is 0 Å². The van der Waals surface area contributed by atoms with Gasteiger partial charge in [-0.25, -0.2) is 0 Å². The number of hydrogen-bond acceptors (Lipinski definition) is 2. The van der Waals surface area contributed by atoms with Gasteiger partial charge in [0.05, 0.1) is 18.5 Å². The summed E-state index contributed by atoms with van der Waals surface area (Å²) in [5.41, 5.74) is 3.23. The third-order valence-electron chi connectivity index (χ3n) is 4.26. The van der Waals surface area contributed by atoms with Gasteiger partial charge in [-0.3, -0.25) is 4.79 Å². The van der Waals surface area contributed by atoms with Crippen LogP contribution in [0.15, 0.2) is 54.6 Å². The third-order valence-corrected chi connectivity index (χ3v) is 4.26. The molecule has 2 aromatic heterocycles. The molecular weight excluding hydrogens is 288 g/mol. The third kappa shape index (κ3) is 2.11. The van der Waals surface area contributed by atoms with Crippen LogP contribution in [0.2, 0.25) is 0 Å². The van der Waals surface area contributed by atoms with E-state index in [0.717, 1.165) is 27.6 Å². The number of carbonyl (C=O) groups is 1. The lowest BCUT2D eigenvalue weighted by molar-refractivity contribution is 0.102. The topological polar surface area (TPSA) is 47.0 Å². The van der Waals surface area contributed by atoms with E-state index in [9.17, 15) is 4.79 Å². The molecule has 0 spiro atoms. The van der Waals surface area contributed by atoms with Crippen molar-refractivity contribution in [2.45, 2.75) is 0 Å². The molecule has 2 heterocycles. The predicted molar refractivity (Wildman–Crippen MR) is 91.2 cm³/mol. The van der Waals surface area contributed by atoms with Crippen molar-refractivity contribution in [3.63, 3.8) is 0 Å². The van der Waals surface area contributed by atoms with Crippen LogP contribution in [0.5, 0.6) is 5.75 Å². The molecule has 4 nitrogen and oxygen atoms in total. The summed E-state index contributed by atoms with van der Waals surface area (Å²) >= 11 is 0. The molecule has 2 aromatic carbocycles. The number of ketones is 1. The molecule has 114 valence electrons. The Hall–Kier alpha value is -3.01. The Morgan fingerprint density at radius 3 is 2.65 bits per heavy atom. The summed E-state index contributed by atoms with van der Waals surface area (Å²) in [6.45, 7) is 0. The van der Waals surface area contributed by atoms with E-state index >= 15 is 0 Å². The highest BCUT2D eigenvalue weighted by atomic mass is 16.5. The largest absolute Gasteiger partial charge is 0.497 e. The number of ether oxygens (including phenoxy) is 1. The number of methoxy groups -OCH3 is 1. The molecule has 0 unspecified atom stereocenters. The van der Waals surface area contributed by atoms with Crippen LogP contribution in [-0.4, -0.2) is 22.4 Å². The molecule has 1 N–H and O–H groups in total. The average Bonchev–Trinajstić information content (AvgIpc) is 3.15. The fraction of sp³-hybridized carbons (Fsp3) is 0.105. The smallest absolute Gasteiger partial charge is 0.225 e. The van der Waals surface area contributed by atoms with Gasteiger partial charge in [0.1, 0.15) is 5.75 Å². The lowest BCUT2D eigenvalue weighted by Gasteiger charge is -2.03. The molecule has 0 aliphatic rings. The second-order valence-corrected chi connectivity index (χ2v) is 5.61. The van der Waals surface area contributed by atoms with Crippen molar-refractivity contribution in [3.8, 4) is 5.75 Å². The summed E-state index contributed by atoms with van der Waals surface area (Å²) in [5, 5.41) is 2.03. The number of carbonyl (C=O) groups excluding carboxylic acids is 1. The van der Waals surface area contributed by atoms with Gasteiger partial charge in [0.25, 0.3) is 0 Å². The average molecular weight is 304 g/mol. The summed E-state index contributed by atoms with van der Waals surface area (Å²) in [4.78, 5) is 16.1. The maximum absolute atomic E-state index is 12.9. The van der Waals surface area contributed by atoms with E-state index < -0.39 is 0 Å². The van der Waals surface area contributed by atoms with Gasteiger partial charge in [-0.1, -0.05) is 18.2 Å². The van der Waals surface area contributed by atoms with Crippen LogP contribution in [0.25, 0.3) is 21.8 Å². The Morgan fingerprint density at radius 2 is 1.87 bits per heavy atom. The minimum Gasteiger partial charge on any atom is -0.497 e. The number of aromatic nitrogens is 2. The quantitative estimate of drug-likeness (QED) is 0.584. The van der Waals surface area contributed by atoms with E-state index in [-0.39, 0.29) is 5.78 Å². The van der Waals surface area contributed by atoms with E-state index in [1.165, 1.54) is 0 Å². The standard InChI is InChI=1S/C19H16N2O2/c1-21-17-8-7-14(23-2)9-13(17)11-18(21)19(22)16-10-12-5-3-4-6-15(12)20-16/h3-11,20H,1-2H3. The van der Waals surface area contributed by atoms with Gasteiger partial charge in [0, 0.05) is 28.9 Å². The highest BCUT2D eigenvalue weighted by molar-refractivity contribution is 6.11. The van der Waals surface area contributed by atoms with Gasteiger partial charge in [-0.15, -0.1) is 0 Å². The Kier molecular flexibility index (Phi) is 2.98. The Morgan fingerprint density at radius 1 is 1.04 bits per heavy atom. The molecule has 4 aromatic rings. The fourth-order valence-electron chi connectivity index (χ4n) is 3.01. The lowest BCUT2D eigenvalue weighted by atomic mass is 10.2. The zero-order valence-corrected chi connectivity index (χ0v) is 13.0. The van der Waals surface area contributed by atoms with E-state index in [1.54, 1.807) is 7.11 Å². The molecule has 4 rings (SSSR count). The summed E-state index contributed by atoms with van der Waals surface area (Å²) in [6.07, 6.45) is 0. The molecule has 0 radical (unpaired) electrons. The molecule has 0 saturated heterocycles. The molecule has 4 heteroatoms. The van der Waals surface area contributed by atoms with Gasteiger partial charge in [-0.05, 0) is 36.4 Å². The van der Waals surface area contributed by atoms with Gasteiger partial charge in [0.15, 0.2) is 0 Å². The van der Waals surface area contributed by atoms with Crippen LogP contribution < -0.4 is 4.74 Å².